The van der Waals surface area contributed by atoms with Crippen LogP contribution >= 0.6 is 12.0 Å². The first-order valence-corrected chi connectivity index (χ1v) is 6.80. The zero-order valence-electron chi connectivity index (χ0n) is 10.3. The standard InChI is InChI=1S/C13H21NOS/c1-12(11-15-16-3)9-10-14(2)13-7-5-4-6-8-13/h4-8,12H,9-11H2,1-3H3. The average molecular weight is 239 g/mol. The zero-order chi connectivity index (χ0) is 11.8. The molecule has 16 heavy (non-hydrogen) atoms. The quantitative estimate of drug-likeness (QED) is 0.676. The van der Waals surface area contributed by atoms with Crippen LogP contribution in [0, 0.1) is 5.92 Å². The molecule has 0 amide bonds. The highest BCUT2D eigenvalue weighted by Gasteiger charge is 2.05. The van der Waals surface area contributed by atoms with Gasteiger partial charge in [0.1, 0.15) is 0 Å². The van der Waals surface area contributed by atoms with Crippen molar-refractivity contribution in [2.45, 2.75) is 13.3 Å². The molecule has 3 heteroatoms. The summed E-state index contributed by atoms with van der Waals surface area (Å²) in [7, 11) is 2.14. The topological polar surface area (TPSA) is 12.5 Å². The summed E-state index contributed by atoms with van der Waals surface area (Å²) in [5, 5.41) is 0. The molecular formula is C13H21NOS. The lowest BCUT2D eigenvalue weighted by Crippen LogP contribution is -2.21. The van der Waals surface area contributed by atoms with Gasteiger partial charge in [-0.25, -0.2) is 0 Å². The van der Waals surface area contributed by atoms with Crippen molar-refractivity contribution in [3.05, 3.63) is 30.3 Å². The molecular weight excluding hydrogens is 218 g/mol. The first kappa shape index (κ1) is 13.4. The van der Waals surface area contributed by atoms with E-state index < -0.39 is 0 Å². The molecule has 1 unspecified atom stereocenters. The van der Waals surface area contributed by atoms with E-state index >= 15 is 0 Å². The monoisotopic (exact) mass is 239 g/mol. The van der Waals surface area contributed by atoms with Crippen molar-refractivity contribution in [2.24, 2.45) is 5.92 Å². The fraction of sp³-hybridized carbons (Fsp3) is 0.538. The Hall–Kier alpha value is -0.670. The molecule has 1 atom stereocenters. The number of para-hydroxylation sites is 1. The van der Waals surface area contributed by atoms with E-state index in [1.807, 2.05) is 12.3 Å². The molecule has 0 radical (unpaired) electrons. The number of rotatable bonds is 7. The smallest absolute Gasteiger partial charge is 0.0639 e. The number of benzene rings is 1. The van der Waals surface area contributed by atoms with Gasteiger partial charge < -0.3 is 9.08 Å². The van der Waals surface area contributed by atoms with Crippen molar-refractivity contribution in [3.63, 3.8) is 0 Å². The van der Waals surface area contributed by atoms with Crippen LogP contribution in [0.2, 0.25) is 0 Å². The van der Waals surface area contributed by atoms with Gasteiger partial charge in [0.25, 0.3) is 0 Å². The van der Waals surface area contributed by atoms with Crippen LogP contribution in [-0.2, 0) is 4.18 Å². The van der Waals surface area contributed by atoms with Gasteiger partial charge in [-0.05, 0) is 36.5 Å². The van der Waals surface area contributed by atoms with Crippen molar-refractivity contribution in [3.8, 4) is 0 Å². The Balaban J connectivity index is 2.27. The molecule has 0 fully saturated rings. The molecule has 0 saturated heterocycles. The van der Waals surface area contributed by atoms with Crippen LogP contribution < -0.4 is 4.90 Å². The molecule has 1 rings (SSSR count). The van der Waals surface area contributed by atoms with Crippen LogP contribution in [-0.4, -0.2) is 26.5 Å². The summed E-state index contributed by atoms with van der Waals surface area (Å²) in [6.07, 6.45) is 3.12. The summed E-state index contributed by atoms with van der Waals surface area (Å²) in [5.74, 6) is 0.610. The molecule has 1 aromatic rings. The van der Waals surface area contributed by atoms with Crippen LogP contribution in [0.5, 0.6) is 0 Å². The Kier molecular flexibility index (Phi) is 6.34. The molecule has 0 spiro atoms. The normalized spacial score (nSPS) is 12.4. The molecule has 90 valence electrons. The second kappa shape index (κ2) is 7.58. The summed E-state index contributed by atoms with van der Waals surface area (Å²) in [6, 6.07) is 10.5. The zero-order valence-corrected chi connectivity index (χ0v) is 11.2. The van der Waals surface area contributed by atoms with Crippen molar-refractivity contribution in [1.29, 1.82) is 0 Å². The van der Waals surface area contributed by atoms with Crippen LogP contribution in [0.4, 0.5) is 5.69 Å². The Morgan fingerprint density at radius 3 is 2.62 bits per heavy atom. The molecule has 0 aliphatic heterocycles. The van der Waals surface area contributed by atoms with Gasteiger partial charge in [-0.3, -0.25) is 0 Å². The van der Waals surface area contributed by atoms with Gasteiger partial charge in [-0.2, -0.15) is 0 Å². The lowest BCUT2D eigenvalue weighted by Gasteiger charge is -2.21. The second-order valence-electron chi connectivity index (χ2n) is 4.10. The molecule has 0 aliphatic rings. The van der Waals surface area contributed by atoms with Gasteiger partial charge in [-0.1, -0.05) is 25.1 Å². The van der Waals surface area contributed by atoms with Gasteiger partial charge >= 0.3 is 0 Å². The Bertz CT molecular complexity index is 279. The largest absolute Gasteiger partial charge is 0.375 e. The molecule has 2 nitrogen and oxygen atoms in total. The Morgan fingerprint density at radius 1 is 1.31 bits per heavy atom. The predicted molar refractivity (Wildman–Crippen MR) is 73.0 cm³/mol. The van der Waals surface area contributed by atoms with Gasteiger partial charge in [-0.15, -0.1) is 0 Å². The van der Waals surface area contributed by atoms with E-state index in [9.17, 15) is 0 Å². The third-order valence-corrected chi connectivity index (χ3v) is 3.00. The maximum Gasteiger partial charge on any atom is 0.0639 e. The van der Waals surface area contributed by atoms with E-state index in [0.717, 1.165) is 19.6 Å². The van der Waals surface area contributed by atoms with Crippen molar-refractivity contribution < 1.29 is 4.18 Å². The highest BCUT2D eigenvalue weighted by molar-refractivity contribution is 7.93. The van der Waals surface area contributed by atoms with E-state index in [0.29, 0.717) is 5.92 Å². The first-order valence-electron chi connectivity index (χ1n) is 5.66. The van der Waals surface area contributed by atoms with E-state index in [-0.39, 0.29) is 0 Å². The first-order chi connectivity index (χ1) is 7.74. The highest BCUT2D eigenvalue weighted by atomic mass is 32.2. The molecule has 0 aliphatic carbocycles. The maximum atomic E-state index is 5.33. The van der Waals surface area contributed by atoms with Crippen LogP contribution in [0.3, 0.4) is 0 Å². The molecule has 0 saturated carbocycles. The van der Waals surface area contributed by atoms with Crippen molar-refractivity contribution >= 4 is 17.7 Å². The van der Waals surface area contributed by atoms with Crippen LogP contribution in [0.1, 0.15) is 13.3 Å². The summed E-state index contributed by atoms with van der Waals surface area (Å²) in [4.78, 5) is 2.29. The summed E-state index contributed by atoms with van der Waals surface area (Å²) >= 11 is 1.45. The number of hydrogen-bond donors (Lipinski definition) is 0. The van der Waals surface area contributed by atoms with Gasteiger partial charge in [0.05, 0.1) is 6.61 Å². The number of nitrogens with zero attached hydrogens (tertiary/aromatic N) is 1. The Labute approximate surface area is 103 Å². The summed E-state index contributed by atoms with van der Waals surface area (Å²) < 4.78 is 5.33. The molecule has 0 N–H and O–H groups in total. The lowest BCUT2D eigenvalue weighted by molar-refractivity contribution is 0.294. The predicted octanol–water partition coefficient (Wildman–Crippen LogP) is 3.44. The third-order valence-electron chi connectivity index (χ3n) is 2.62. The number of anilines is 1. The van der Waals surface area contributed by atoms with E-state index in [4.69, 9.17) is 4.18 Å². The summed E-state index contributed by atoms with van der Waals surface area (Å²) in [6.45, 7) is 4.14. The maximum absolute atomic E-state index is 5.33. The van der Waals surface area contributed by atoms with Gasteiger partial charge in [0.2, 0.25) is 0 Å². The SMILES string of the molecule is CSOCC(C)CCN(C)c1ccccc1. The highest BCUT2D eigenvalue weighted by Crippen LogP contribution is 2.13. The van der Waals surface area contributed by atoms with Crippen molar-refractivity contribution in [2.75, 3.05) is 31.4 Å². The molecule has 0 bridgehead atoms. The number of hydrogen-bond acceptors (Lipinski definition) is 3. The van der Waals surface area contributed by atoms with Crippen LogP contribution in [0.15, 0.2) is 30.3 Å². The fourth-order valence-electron chi connectivity index (χ4n) is 1.49. The minimum absolute atomic E-state index is 0.610. The van der Waals surface area contributed by atoms with E-state index in [1.54, 1.807) is 0 Å². The second-order valence-corrected chi connectivity index (χ2v) is 4.67. The average Bonchev–Trinajstić information content (AvgIpc) is 2.34. The fourth-order valence-corrected chi connectivity index (χ4v) is 1.86. The molecule has 1 aromatic carbocycles. The van der Waals surface area contributed by atoms with Crippen LogP contribution in [0.25, 0.3) is 0 Å². The lowest BCUT2D eigenvalue weighted by atomic mass is 10.1. The van der Waals surface area contributed by atoms with E-state index in [1.165, 1.54) is 17.7 Å². The summed E-state index contributed by atoms with van der Waals surface area (Å²) in [5.41, 5.74) is 1.28. The molecule has 0 heterocycles. The van der Waals surface area contributed by atoms with Gasteiger partial charge in [0, 0.05) is 25.5 Å². The minimum Gasteiger partial charge on any atom is -0.375 e. The Morgan fingerprint density at radius 2 is 2.00 bits per heavy atom. The minimum atomic E-state index is 0.610. The molecule has 0 aromatic heterocycles. The third kappa shape index (κ3) is 4.90. The van der Waals surface area contributed by atoms with E-state index in [2.05, 4.69) is 43.1 Å². The van der Waals surface area contributed by atoms with Crippen molar-refractivity contribution in [1.82, 2.24) is 0 Å². The van der Waals surface area contributed by atoms with Gasteiger partial charge in [0.15, 0.2) is 0 Å².